The zero-order chi connectivity index (χ0) is 24.2. The Balaban J connectivity index is 0.000000344. The maximum Gasteiger partial charge on any atom is 0.147 e. The summed E-state index contributed by atoms with van der Waals surface area (Å²) < 4.78 is 0. The predicted molar refractivity (Wildman–Crippen MR) is 143 cm³/mol. The van der Waals surface area contributed by atoms with Crippen LogP contribution in [0, 0.1) is 5.92 Å². The maximum atomic E-state index is 5.87. The van der Waals surface area contributed by atoms with Gasteiger partial charge >= 0.3 is 0 Å². The number of nitrogens with zero attached hydrogens (tertiary/aromatic N) is 5. The van der Waals surface area contributed by atoms with E-state index in [4.69, 9.17) is 16.5 Å². The first-order valence-corrected chi connectivity index (χ1v) is 11.9. The van der Waals surface area contributed by atoms with Crippen molar-refractivity contribution in [1.82, 2.24) is 14.9 Å². The molecule has 5 rings (SSSR count). The molecule has 0 amide bonds. The van der Waals surface area contributed by atoms with Gasteiger partial charge in [0.05, 0.1) is 22.9 Å². The molecule has 7 nitrogen and oxygen atoms in total. The molecule has 1 fully saturated rings. The van der Waals surface area contributed by atoms with Gasteiger partial charge in [0, 0.05) is 38.6 Å². The molecule has 3 heterocycles. The van der Waals surface area contributed by atoms with Gasteiger partial charge in [0.25, 0.3) is 0 Å². The fourth-order valence-corrected chi connectivity index (χ4v) is 4.03. The number of piperazine rings is 1. The molecule has 0 radical (unpaired) electrons. The summed E-state index contributed by atoms with van der Waals surface area (Å²) in [6.07, 6.45) is 4.40. The largest absolute Gasteiger partial charge is 0.387 e. The first kappa shape index (κ1) is 23.9. The number of likely N-dealkylation sites (N-methyl/N-ethyl adjacent to an activating group) is 1. The van der Waals surface area contributed by atoms with Gasteiger partial charge in [0.1, 0.15) is 11.7 Å². The first-order chi connectivity index (χ1) is 16.3. The lowest BCUT2D eigenvalue weighted by Gasteiger charge is -2.33. The lowest BCUT2D eigenvalue weighted by molar-refractivity contribution is 0.312. The highest BCUT2D eigenvalue weighted by Gasteiger charge is 2.17. The molecule has 178 valence electrons. The number of aliphatic imine (C=N–C) groups is 1. The third-order valence-electron chi connectivity index (χ3n) is 6.45. The van der Waals surface area contributed by atoms with E-state index >= 15 is 0 Å². The lowest BCUT2D eigenvalue weighted by atomic mass is 10.0. The number of rotatable bonds is 4. The molecule has 1 atom stereocenters. The number of hydrogen-bond donors (Lipinski definition) is 2. The standard InChI is InChI=1S/C21H22N6.C6H13N/c1-26-6-8-27(9-7-26)21-13-23-17-5-4-15(11-19(17)25-21)14-2-3-16-12-20(22)24-18(16)10-14;1-4-6(7)5(2)3/h2-5,10-11,13H,6-9,12H2,1H3,(H2,22,24);4-6H,1,7H2,2-3H3. The highest BCUT2D eigenvalue weighted by molar-refractivity contribution is 5.92. The zero-order valence-electron chi connectivity index (χ0n) is 20.4. The molecule has 1 saturated heterocycles. The molecule has 1 aromatic heterocycles. The Bertz CT molecular complexity index is 1190. The van der Waals surface area contributed by atoms with E-state index in [1.807, 2.05) is 12.3 Å². The van der Waals surface area contributed by atoms with E-state index in [1.165, 1.54) is 5.56 Å². The predicted octanol–water partition coefficient (Wildman–Crippen LogP) is 3.75. The van der Waals surface area contributed by atoms with Crippen molar-refractivity contribution in [2.75, 3.05) is 38.1 Å². The summed E-state index contributed by atoms with van der Waals surface area (Å²) in [7, 11) is 2.16. The summed E-state index contributed by atoms with van der Waals surface area (Å²) in [5, 5.41) is 0. The SMILES string of the molecule is C=CC(N)C(C)C.CN1CCN(c2cnc3ccc(-c4ccc5c(c4)N=C(N)C5)cc3n2)CC1. The number of aromatic nitrogens is 2. The lowest BCUT2D eigenvalue weighted by Crippen LogP contribution is -2.44. The van der Waals surface area contributed by atoms with Crippen LogP contribution in [0.15, 0.2) is 60.2 Å². The van der Waals surface area contributed by atoms with E-state index in [0.29, 0.717) is 11.8 Å². The van der Waals surface area contributed by atoms with Crippen molar-refractivity contribution in [3.8, 4) is 11.1 Å². The van der Waals surface area contributed by atoms with Crippen molar-refractivity contribution in [2.24, 2.45) is 22.4 Å². The molecule has 4 N–H and O–H groups in total. The number of benzene rings is 2. The molecule has 0 bridgehead atoms. The van der Waals surface area contributed by atoms with E-state index < -0.39 is 0 Å². The van der Waals surface area contributed by atoms with E-state index in [-0.39, 0.29) is 6.04 Å². The fourth-order valence-electron chi connectivity index (χ4n) is 4.03. The van der Waals surface area contributed by atoms with Crippen molar-refractivity contribution >= 4 is 28.4 Å². The summed E-state index contributed by atoms with van der Waals surface area (Å²) in [5.41, 5.74) is 17.6. The fraction of sp³-hybridized carbons (Fsp3) is 0.370. The quantitative estimate of drug-likeness (QED) is 0.579. The third kappa shape index (κ3) is 5.43. The van der Waals surface area contributed by atoms with Gasteiger partial charge in [0.2, 0.25) is 0 Å². The van der Waals surface area contributed by atoms with Gasteiger partial charge in [-0.25, -0.2) is 9.98 Å². The van der Waals surface area contributed by atoms with Crippen molar-refractivity contribution in [1.29, 1.82) is 0 Å². The van der Waals surface area contributed by atoms with E-state index in [0.717, 1.165) is 66.3 Å². The Morgan fingerprint density at radius 1 is 1.00 bits per heavy atom. The van der Waals surface area contributed by atoms with Gasteiger partial charge in [-0.05, 0) is 47.9 Å². The number of hydrogen-bond acceptors (Lipinski definition) is 7. The molecule has 2 aromatic carbocycles. The minimum absolute atomic E-state index is 0.167. The van der Waals surface area contributed by atoms with Crippen molar-refractivity contribution in [3.63, 3.8) is 0 Å². The Labute approximate surface area is 202 Å². The molecule has 3 aromatic rings. The summed E-state index contributed by atoms with van der Waals surface area (Å²) in [5.74, 6) is 2.17. The van der Waals surface area contributed by atoms with E-state index in [1.54, 1.807) is 6.08 Å². The summed E-state index contributed by atoms with van der Waals surface area (Å²) >= 11 is 0. The van der Waals surface area contributed by atoms with Crippen LogP contribution in [0.5, 0.6) is 0 Å². The van der Waals surface area contributed by atoms with Crippen LogP contribution >= 0.6 is 0 Å². The second-order valence-corrected chi connectivity index (χ2v) is 9.40. The maximum absolute atomic E-state index is 5.87. The van der Waals surface area contributed by atoms with Crippen LogP contribution in [-0.4, -0.2) is 60.0 Å². The minimum atomic E-state index is 0.167. The van der Waals surface area contributed by atoms with E-state index in [2.05, 4.69) is 77.6 Å². The first-order valence-electron chi connectivity index (χ1n) is 11.9. The van der Waals surface area contributed by atoms with Crippen molar-refractivity contribution in [2.45, 2.75) is 26.3 Å². The minimum Gasteiger partial charge on any atom is -0.387 e. The summed E-state index contributed by atoms with van der Waals surface area (Å²) in [6.45, 7) is 11.8. The van der Waals surface area contributed by atoms with Crippen LogP contribution in [0.2, 0.25) is 0 Å². The molecular weight excluding hydrogens is 422 g/mol. The Hall–Kier alpha value is -3.29. The van der Waals surface area contributed by atoms with Crippen molar-refractivity contribution in [3.05, 3.63) is 60.8 Å². The van der Waals surface area contributed by atoms with Gasteiger partial charge in [0.15, 0.2) is 0 Å². The monoisotopic (exact) mass is 457 g/mol. The smallest absolute Gasteiger partial charge is 0.147 e. The molecule has 34 heavy (non-hydrogen) atoms. The highest BCUT2D eigenvalue weighted by Crippen LogP contribution is 2.32. The van der Waals surface area contributed by atoms with Crippen LogP contribution < -0.4 is 16.4 Å². The molecule has 7 heteroatoms. The zero-order valence-corrected chi connectivity index (χ0v) is 20.4. The average molecular weight is 458 g/mol. The number of amidine groups is 1. The summed E-state index contributed by atoms with van der Waals surface area (Å²) in [6, 6.07) is 12.8. The van der Waals surface area contributed by atoms with Gasteiger partial charge in [-0.3, -0.25) is 4.98 Å². The Morgan fingerprint density at radius 2 is 1.71 bits per heavy atom. The molecule has 1 unspecified atom stereocenters. The van der Waals surface area contributed by atoms with Gasteiger partial charge in [-0.2, -0.15) is 0 Å². The summed E-state index contributed by atoms with van der Waals surface area (Å²) in [4.78, 5) is 18.6. The van der Waals surface area contributed by atoms with Crippen LogP contribution in [0.4, 0.5) is 11.5 Å². The highest BCUT2D eigenvalue weighted by atomic mass is 15.3. The molecular formula is C27H35N7. The topological polar surface area (TPSA) is 96.7 Å². The molecule has 0 aliphatic carbocycles. The van der Waals surface area contributed by atoms with Crippen LogP contribution in [0.25, 0.3) is 22.2 Å². The van der Waals surface area contributed by atoms with E-state index in [9.17, 15) is 0 Å². The Morgan fingerprint density at radius 3 is 2.38 bits per heavy atom. The second-order valence-electron chi connectivity index (χ2n) is 9.40. The number of anilines is 1. The number of nitrogens with two attached hydrogens (primary N) is 2. The van der Waals surface area contributed by atoms with Crippen molar-refractivity contribution < 1.29 is 0 Å². The molecule has 2 aliphatic heterocycles. The average Bonchev–Trinajstić information content (AvgIpc) is 3.22. The molecule has 0 spiro atoms. The van der Waals surface area contributed by atoms with Gasteiger partial charge < -0.3 is 21.3 Å². The normalized spacial score (nSPS) is 16.6. The van der Waals surface area contributed by atoms with Crippen LogP contribution in [0.1, 0.15) is 19.4 Å². The van der Waals surface area contributed by atoms with Gasteiger partial charge in [-0.1, -0.05) is 38.1 Å². The Kier molecular flexibility index (Phi) is 7.24. The second kappa shape index (κ2) is 10.3. The van der Waals surface area contributed by atoms with Crippen LogP contribution in [0.3, 0.4) is 0 Å². The van der Waals surface area contributed by atoms with Gasteiger partial charge in [-0.15, -0.1) is 6.58 Å². The molecule has 0 saturated carbocycles. The molecule has 2 aliphatic rings. The third-order valence-corrected chi connectivity index (χ3v) is 6.45. The van der Waals surface area contributed by atoms with Crippen LogP contribution in [-0.2, 0) is 6.42 Å². The number of fused-ring (bicyclic) bond motifs is 2.